The normalized spacial score (nSPS) is 11.9. The second kappa shape index (κ2) is 6.91. The molecule has 1 atom stereocenters. The Morgan fingerprint density at radius 2 is 1.90 bits per heavy atom. The summed E-state index contributed by atoms with van der Waals surface area (Å²) in [6.45, 7) is 0.423. The van der Waals surface area contributed by atoms with Crippen LogP contribution in [0.4, 0.5) is 4.39 Å². The SMILES string of the molecule is CNC(COc1ccccc1)c1ccc(OC)c(F)c1. The van der Waals surface area contributed by atoms with Gasteiger partial charge in [0.2, 0.25) is 0 Å². The van der Waals surface area contributed by atoms with E-state index < -0.39 is 0 Å². The van der Waals surface area contributed by atoms with Crippen molar-refractivity contribution in [1.82, 2.24) is 5.32 Å². The predicted octanol–water partition coefficient (Wildman–Crippen LogP) is 3.17. The maximum Gasteiger partial charge on any atom is 0.165 e. The van der Waals surface area contributed by atoms with Crippen LogP contribution in [0.5, 0.6) is 11.5 Å². The molecule has 1 unspecified atom stereocenters. The Hall–Kier alpha value is -2.07. The molecule has 0 fully saturated rings. The van der Waals surface area contributed by atoms with Gasteiger partial charge in [0.05, 0.1) is 13.2 Å². The van der Waals surface area contributed by atoms with Gasteiger partial charge in [0.25, 0.3) is 0 Å². The van der Waals surface area contributed by atoms with E-state index in [2.05, 4.69) is 5.32 Å². The van der Waals surface area contributed by atoms with Crippen LogP contribution in [0.3, 0.4) is 0 Å². The zero-order chi connectivity index (χ0) is 14.4. The van der Waals surface area contributed by atoms with Gasteiger partial charge in [-0.2, -0.15) is 0 Å². The van der Waals surface area contributed by atoms with Gasteiger partial charge in [0, 0.05) is 0 Å². The first-order chi connectivity index (χ1) is 9.74. The van der Waals surface area contributed by atoms with E-state index in [1.807, 2.05) is 43.4 Å². The minimum Gasteiger partial charge on any atom is -0.494 e. The zero-order valence-electron chi connectivity index (χ0n) is 11.6. The number of nitrogens with one attached hydrogen (secondary N) is 1. The summed E-state index contributed by atoms with van der Waals surface area (Å²) in [5, 5.41) is 3.12. The molecular weight excluding hydrogens is 257 g/mol. The highest BCUT2D eigenvalue weighted by molar-refractivity contribution is 5.31. The zero-order valence-corrected chi connectivity index (χ0v) is 11.6. The molecule has 0 saturated carbocycles. The molecule has 0 bridgehead atoms. The summed E-state index contributed by atoms with van der Waals surface area (Å²) >= 11 is 0. The van der Waals surface area contributed by atoms with Crippen LogP contribution in [0.1, 0.15) is 11.6 Å². The molecule has 4 heteroatoms. The monoisotopic (exact) mass is 275 g/mol. The Morgan fingerprint density at radius 3 is 2.50 bits per heavy atom. The van der Waals surface area contributed by atoms with E-state index >= 15 is 0 Å². The molecule has 0 heterocycles. The van der Waals surface area contributed by atoms with Crippen molar-refractivity contribution in [1.29, 1.82) is 0 Å². The van der Waals surface area contributed by atoms with Crippen molar-refractivity contribution in [2.75, 3.05) is 20.8 Å². The van der Waals surface area contributed by atoms with E-state index in [0.717, 1.165) is 11.3 Å². The lowest BCUT2D eigenvalue weighted by molar-refractivity contribution is 0.272. The molecule has 20 heavy (non-hydrogen) atoms. The van der Waals surface area contributed by atoms with Gasteiger partial charge in [-0.05, 0) is 36.9 Å². The first-order valence-electron chi connectivity index (χ1n) is 6.43. The van der Waals surface area contributed by atoms with Crippen molar-refractivity contribution in [3.8, 4) is 11.5 Å². The van der Waals surface area contributed by atoms with Gasteiger partial charge in [0.15, 0.2) is 11.6 Å². The van der Waals surface area contributed by atoms with Crippen LogP contribution in [0.15, 0.2) is 48.5 Å². The Balaban J connectivity index is 2.06. The Labute approximate surface area is 118 Å². The van der Waals surface area contributed by atoms with Gasteiger partial charge in [-0.15, -0.1) is 0 Å². The summed E-state index contributed by atoms with van der Waals surface area (Å²) in [6.07, 6.45) is 0. The van der Waals surface area contributed by atoms with E-state index in [1.54, 1.807) is 6.07 Å². The quantitative estimate of drug-likeness (QED) is 0.878. The molecule has 2 rings (SSSR count). The molecule has 2 aromatic carbocycles. The second-order valence-corrected chi connectivity index (χ2v) is 4.36. The first-order valence-corrected chi connectivity index (χ1v) is 6.43. The summed E-state index contributed by atoms with van der Waals surface area (Å²) < 4.78 is 24.3. The number of hydrogen-bond acceptors (Lipinski definition) is 3. The smallest absolute Gasteiger partial charge is 0.165 e. The van der Waals surface area contributed by atoms with E-state index in [-0.39, 0.29) is 17.6 Å². The van der Waals surface area contributed by atoms with E-state index in [9.17, 15) is 4.39 Å². The molecule has 1 N–H and O–H groups in total. The number of hydrogen-bond donors (Lipinski definition) is 1. The van der Waals surface area contributed by atoms with Crippen LogP contribution in [0, 0.1) is 5.82 Å². The average Bonchev–Trinajstić information content (AvgIpc) is 2.49. The van der Waals surface area contributed by atoms with Crippen molar-refractivity contribution in [2.45, 2.75) is 6.04 Å². The third-order valence-electron chi connectivity index (χ3n) is 3.09. The molecule has 2 aromatic rings. The maximum absolute atomic E-state index is 13.7. The van der Waals surface area contributed by atoms with Gasteiger partial charge in [-0.25, -0.2) is 4.39 Å². The van der Waals surface area contributed by atoms with Gasteiger partial charge >= 0.3 is 0 Å². The Bertz CT molecular complexity index is 545. The van der Waals surface area contributed by atoms with Gasteiger partial charge in [-0.1, -0.05) is 24.3 Å². The van der Waals surface area contributed by atoms with Gasteiger partial charge < -0.3 is 14.8 Å². The Kier molecular flexibility index (Phi) is 4.96. The summed E-state index contributed by atoms with van der Waals surface area (Å²) in [4.78, 5) is 0. The van der Waals surface area contributed by atoms with Crippen LogP contribution in [0.25, 0.3) is 0 Å². The average molecular weight is 275 g/mol. The van der Waals surface area contributed by atoms with Gasteiger partial charge in [0.1, 0.15) is 12.4 Å². The first kappa shape index (κ1) is 14.3. The highest BCUT2D eigenvalue weighted by Crippen LogP contribution is 2.22. The molecular formula is C16H18FNO2. The van der Waals surface area contributed by atoms with Crippen molar-refractivity contribution in [3.63, 3.8) is 0 Å². The summed E-state index contributed by atoms with van der Waals surface area (Å²) in [6, 6.07) is 14.4. The summed E-state index contributed by atoms with van der Waals surface area (Å²) in [5.74, 6) is 0.666. The largest absolute Gasteiger partial charge is 0.494 e. The Morgan fingerprint density at radius 1 is 1.15 bits per heavy atom. The lowest BCUT2D eigenvalue weighted by Gasteiger charge is -2.18. The fourth-order valence-electron chi connectivity index (χ4n) is 1.94. The minimum absolute atomic E-state index is 0.0874. The van der Waals surface area contributed by atoms with Gasteiger partial charge in [-0.3, -0.25) is 0 Å². The number of methoxy groups -OCH3 is 1. The third kappa shape index (κ3) is 3.48. The number of para-hydroxylation sites is 1. The fourth-order valence-corrected chi connectivity index (χ4v) is 1.94. The van der Waals surface area contributed by atoms with E-state index in [4.69, 9.17) is 9.47 Å². The molecule has 0 radical (unpaired) electrons. The number of rotatable bonds is 6. The van der Waals surface area contributed by atoms with Crippen LogP contribution in [-0.2, 0) is 0 Å². The highest BCUT2D eigenvalue weighted by Gasteiger charge is 2.13. The molecule has 0 aliphatic rings. The molecule has 0 aromatic heterocycles. The molecule has 0 spiro atoms. The number of halogens is 1. The van der Waals surface area contributed by atoms with Crippen LogP contribution in [-0.4, -0.2) is 20.8 Å². The molecule has 0 aliphatic heterocycles. The van der Waals surface area contributed by atoms with E-state index in [0.29, 0.717) is 6.61 Å². The maximum atomic E-state index is 13.7. The molecule has 0 amide bonds. The summed E-state index contributed by atoms with van der Waals surface area (Å²) in [7, 11) is 3.27. The number of ether oxygens (including phenoxy) is 2. The number of benzene rings is 2. The number of likely N-dealkylation sites (N-methyl/N-ethyl adjacent to an activating group) is 1. The van der Waals surface area contributed by atoms with Crippen LogP contribution < -0.4 is 14.8 Å². The molecule has 0 saturated heterocycles. The van der Waals surface area contributed by atoms with E-state index in [1.165, 1.54) is 13.2 Å². The van der Waals surface area contributed by atoms with Crippen molar-refractivity contribution in [3.05, 3.63) is 59.9 Å². The van der Waals surface area contributed by atoms with Crippen LogP contribution in [0.2, 0.25) is 0 Å². The molecule has 0 aliphatic carbocycles. The lowest BCUT2D eigenvalue weighted by atomic mass is 10.1. The van der Waals surface area contributed by atoms with Crippen molar-refractivity contribution < 1.29 is 13.9 Å². The van der Waals surface area contributed by atoms with Crippen LogP contribution >= 0.6 is 0 Å². The standard InChI is InChI=1S/C16H18FNO2/c1-18-15(11-20-13-6-4-3-5-7-13)12-8-9-16(19-2)14(17)10-12/h3-10,15,18H,11H2,1-2H3. The third-order valence-corrected chi connectivity index (χ3v) is 3.09. The second-order valence-electron chi connectivity index (χ2n) is 4.36. The topological polar surface area (TPSA) is 30.5 Å². The molecule has 3 nitrogen and oxygen atoms in total. The van der Waals surface area contributed by atoms with Crippen molar-refractivity contribution >= 4 is 0 Å². The highest BCUT2D eigenvalue weighted by atomic mass is 19.1. The van der Waals surface area contributed by atoms with Crippen molar-refractivity contribution in [2.24, 2.45) is 0 Å². The lowest BCUT2D eigenvalue weighted by Crippen LogP contribution is -2.23. The minimum atomic E-state index is -0.370. The predicted molar refractivity (Wildman–Crippen MR) is 76.7 cm³/mol. The molecule has 106 valence electrons. The summed E-state index contributed by atoms with van der Waals surface area (Å²) in [5.41, 5.74) is 0.821. The fraction of sp³-hybridized carbons (Fsp3) is 0.250.